The van der Waals surface area contributed by atoms with Gasteiger partial charge in [0.2, 0.25) is 11.8 Å². The number of anilines is 2. The van der Waals surface area contributed by atoms with Crippen LogP contribution in [0.3, 0.4) is 0 Å². The molecule has 0 unspecified atom stereocenters. The molecule has 0 saturated heterocycles. The summed E-state index contributed by atoms with van der Waals surface area (Å²) in [6.45, 7) is 1.41. The smallest absolute Gasteiger partial charge is 0.262 e. The molecule has 0 aliphatic carbocycles. The highest BCUT2D eigenvalue weighted by Crippen LogP contribution is 2.27. The lowest BCUT2D eigenvalue weighted by Gasteiger charge is -2.25. The van der Waals surface area contributed by atoms with E-state index in [1.165, 1.54) is 6.92 Å². The van der Waals surface area contributed by atoms with Crippen LogP contribution in [0.1, 0.15) is 33.2 Å². The van der Waals surface area contributed by atoms with Crippen LogP contribution < -0.4 is 10.6 Å². The van der Waals surface area contributed by atoms with Crippen LogP contribution in [0.25, 0.3) is 0 Å². The van der Waals surface area contributed by atoms with Gasteiger partial charge in [0.15, 0.2) is 0 Å². The van der Waals surface area contributed by atoms with Crippen molar-refractivity contribution in [2.75, 3.05) is 10.6 Å². The van der Waals surface area contributed by atoms with Crippen molar-refractivity contribution < 1.29 is 19.2 Å². The molecule has 160 valence electrons. The second kappa shape index (κ2) is 8.85. The van der Waals surface area contributed by atoms with E-state index in [1.54, 1.807) is 48.5 Å². The number of nitrogens with one attached hydrogen (secondary N) is 2. The number of nitrogens with zero attached hydrogens (tertiary/aromatic N) is 1. The van der Waals surface area contributed by atoms with Crippen LogP contribution in [-0.2, 0) is 16.0 Å². The molecule has 2 N–H and O–H groups in total. The molecule has 0 spiro atoms. The zero-order valence-corrected chi connectivity index (χ0v) is 17.4. The second-order valence-corrected chi connectivity index (χ2v) is 7.48. The number of carbonyl (C=O) groups excluding carboxylic acids is 4. The number of rotatable bonds is 6. The Morgan fingerprint density at radius 3 is 1.78 bits per heavy atom. The van der Waals surface area contributed by atoms with Crippen LogP contribution in [0.2, 0.25) is 0 Å². The third-order valence-corrected chi connectivity index (χ3v) is 5.18. The molecule has 1 heterocycles. The van der Waals surface area contributed by atoms with Gasteiger partial charge in [0.25, 0.3) is 11.8 Å². The number of hydrogen-bond acceptors (Lipinski definition) is 4. The molecule has 0 bridgehead atoms. The van der Waals surface area contributed by atoms with Crippen molar-refractivity contribution in [3.05, 3.63) is 95.6 Å². The number of hydrogen-bond donors (Lipinski definition) is 2. The van der Waals surface area contributed by atoms with E-state index in [0.29, 0.717) is 22.5 Å². The monoisotopic (exact) mass is 427 g/mol. The maximum absolute atomic E-state index is 13.3. The van der Waals surface area contributed by atoms with E-state index < -0.39 is 23.8 Å². The molecule has 0 aromatic heterocycles. The van der Waals surface area contributed by atoms with E-state index in [9.17, 15) is 19.2 Å². The summed E-state index contributed by atoms with van der Waals surface area (Å²) in [6, 6.07) is 21.4. The normalized spacial score (nSPS) is 13.5. The maximum Gasteiger partial charge on any atom is 0.262 e. The van der Waals surface area contributed by atoms with Crippen molar-refractivity contribution >= 4 is 35.0 Å². The molecule has 1 aliphatic rings. The molecule has 0 radical (unpaired) electrons. The van der Waals surface area contributed by atoms with E-state index in [1.807, 2.05) is 30.3 Å². The van der Waals surface area contributed by atoms with Gasteiger partial charge in [-0.15, -0.1) is 0 Å². The van der Waals surface area contributed by atoms with Gasteiger partial charge in [-0.25, -0.2) is 0 Å². The molecule has 4 amide bonds. The fraction of sp³-hybridized carbons (Fsp3) is 0.120. The molecule has 7 heteroatoms. The number of fused-ring (bicyclic) bond motifs is 1. The van der Waals surface area contributed by atoms with Crippen molar-refractivity contribution in [2.45, 2.75) is 19.4 Å². The third-order valence-electron chi connectivity index (χ3n) is 5.18. The van der Waals surface area contributed by atoms with Gasteiger partial charge in [0.05, 0.1) is 11.1 Å². The zero-order chi connectivity index (χ0) is 22.7. The molecule has 1 atom stereocenters. The lowest BCUT2D eigenvalue weighted by atomic mass is 10.0. The number of carbonyl (C=O) groups is 4. The van der Waals surface area contributed by atoms with E-state index in [0.717, 1.165) is 10.5 Å². The second-order valence-electron chi connectivity index (χ2n) is 7.48. The Labute approximate surface area is 185 Å². The molecular formula is C25H21N3O4. The Hall–Kier alpha value is -4.26. The predicted octanol–water partition coefficient (Wildman–Crippen LogP) is 3.49. The minimum absolute atomic E-state index is 0.183. The minimum atomic E-state index is -1.03. The highest BCUT2D eigenvalue weighted by molar-refractivity contribution is 6.23. The van der Waals surface area contributed by atoms with Crippen molar-refractivity contribution in [3.63, 3.8) is 0 Å². The quantitative estimate of drug-likeness (QED) is 0.589. The Morgan fingerprint density at radius 1 is 0.750 bits per heavy atom. The number of benzene rings is 3. The summed E-state index contributed by atoms with van der Waals surface area (Å²) in [6.07, 6.45) is 0.183. The molecule has 32 heavy (non-hydrogen) atoms. The molecule has 0 fully saturated rings. The van der Waals surface area contributed by atoms with Gasteiger partial charge in [-0.1, -0.05) is 42.5 Å². The molecule has 1 aliphatic heterocycles. The predicted molar refractivity (Wildman–Crippen MR) is 120 cm³/mol. The number of imide groups is 1. The summed E-state index contributed by atoms with van der Waals surface area (Å²) in [7, 11) is 0. The summed E-state index contributed by atoms with van der Waals surface area (Å²) in [5, 5.41) is 5.45. The Bertz CT molecular complexity index is 1150. The molecular weight excluding hydrogens is 406 g/mol. The van der Waals surface area contributed by atoms with Gasteiger partial charge >= 0.3 is 0 Å². The summed E-state index contributed by atoms with van der Waals surface area (Å²) >= 11 is 0. The van der Waals surface area contributed by atoms with Crippen LogP contribution in [0, 0.1) is 0 Å². The van der Waals surface area contributed by atoms with Gasteiger partial charge in [0.1, 0.15) is 6.04 Å². The Morgan fingerprint density at radius 2 is 1.25 bits per heavy atom. The highest BCUT2D eigenvalue weighted by Gasteiger charge is 2.42. The van der Waals surface area contributed by atoms with Crippen LogP contribution >= 0.6 is 0 Å². The van der Waals surface area contributed by atoms with Crippen LogP contribution in [-0.4, -0.2) is 34.6 Å². The van der Waals surface area contributed by atoms with Gasteiger partial charge in [0, 0.05) is 24.7 Å². The van der Waals surface area contributed by atoms with Gasteiger partial charge in [-0.05, 0) is 42.0 Å². The van der Waals surface area contributed by atoms with E-state index in [2.05, 4.69) is 10.6 Å². The summed E-state index contributed by atoms with van der Waals surface area (Å²) in [5.74, 6) is -1.64. The molecule has 3 aromatic rings. The molecule has 4 rings (SSSR count). The van der Waals surface area contributed by atoms with E-state index in [-0.39, 0.29) is 12.3 Å². The first-order valence-corrected chi connectivity index (χ1v) is 10.1. The van der Waals surface area contributed by atoms with Crippen LogP contribution in [0.5, 0.6) is 0 Å². The zero-order valence-electron chi connectivity index (χ0n) is 17.4. The number of amides is 4. The maximum atomic E-state index is 13.3. The average Bonchev–Trinajstić information content (AvgIpc) is 3.04. The van der Waals surface area contributed by atoms with E-state index >= 15 is 0 Å². The first kappa shape index (κ1) is 21.0. The summed E-state index contributed by atoms with van der Waals surface area (Å²) < 4.78 is 0. The topological polar surface area (TPSA) is 95.6 Å². The molecule has 3 aromatic carbocycles. The fourth-order valence-electron chi connectivity index (χ4n) is 3.70. The molecule has 0 saturated carbocycles. The Kier molecular flexibility index (Phi) is 5.81. The first-order valence-electron chi connectivity index (χ1n) is 10.1. The van der Waals surface area contributed by atoms with Crippen molar-refractivity contribution in [3.8, 4) is 0 Å². The van der Waals surface area contributed by atoms with Crippen molar-refractivity contribution in [1.82, 2.24) is 4.90 Å². The molecule has 7 nitrogen and oxygen atoms in total. The SMILES string of the molecule is CC(=O)Nc1ccc(NC(=O)[C@H](Cc2ccccc2)N2C(=O)c3ccccc3C2=O)cc1. The Balaban J connectivity index is 1.61. The lowest BCUT2D eigenvalue weighted by Crippen LogP contribution is -2.48. The van der Waals surface area contributed by atoms with Crippen molar-refractivity contribution in [2.24, 2.45) is 0 Å². The summed E-state index contributed by atoms with van der Waals surface area (Å²) in [4.78, 5) is 51.6. The van der Waals surface area contributed by atoms with Gasteiger partial charge in [-0.3, -0.25) is 24.1 Å². The third kappa shape index (κ3) is 4.27. The minimum Gasteiger partial charge on any atom is -0.326 e. The summed E-state index contributed by atoms with van der Waals surface area (Å²) in [5.41, 5.74) is 2.49. The van der Waals surface area contributed by atoms with E-state index in [4.69, 9.17) is 0 Å². The van der Waals surface area contributed by atoms with Gasteiger partial charge < -0.3 is 10.6 Å². The van der Waals surface area contributed by atoms with Gasteiger partial charge in [-0.2, -0.15) is 0 Å². The lowest BCUT2D eigenvalue weighted by molar-refractivity contribution is -0.120. The first-order chi connectivity index (χ1) is 15.4. The fourth-order valence-corrected chi connectivity index (χ4v) is 3.70. The standard InChI is InChI=1S/C25H21N3O4/c1-16(29)26-18-11-13-19(14-12-18)27-23(30)22(15-17-7-3-2-4-8-17)28-24(31)20-9-5-6-10-21(20)25(28)32/h2-14,22H,15H2,1H3,(H,26,29)(H,27,30)/t22-/m0/s1. The highest BCUT2D eigenvalue weighted by atomic mass is 16.2. The van der Waals surface area contributed by atoms with Crippen LogP contribution in [0.15, 0.2) is 78.9 Å². The average molecular weight is 427 g/mol. The largest absolute Gasteiger partial charge is 0.326 e. The van der Waals surface area contributed by atoms with Crippen molar-refractivity contribution in [1.29, 1.82) is 0 Å². The van der Waals surface area contributed by atoms with Crippen LogP contribution in [0.4, 0.5) is 11.4 Å².